The van der Waals surface area contributed by atoms with Crippen LogP contribution in [-0.2, 0) is 4.79 Å². The first kappa shape index (κ1) is 12.2. The number of aliphatic carboxylic acids is 1. The van der Waals surface area contributed by atoms with E-state index in [9.17, 15) is 9.18 Å². The van der Waals surface area contributed by atoms with Crippen molar-refractivity contribution in [2.45, 2.75) is 12.3 Å². The highest BCUT2D eigenvalue weighted by Gasteiger charge is 2.32. The topological polar surface area (TPSA) is 37.3 Å². The van der Waals surface area contributed by atoms with Gasteiger partial charge >= 0.3 is 5.97 Å². The lowest BCUT2D eigenvalue weighted by Gasteiger charge is -2.10. The fourth-order valence-electron chi connectivity index (χ4n) is 2.73. The zero-order valence-corrected chi connectivity index (χ0v) is 10.6. The molecule has 4 heteroatoms. The lowest BCUT2D eigenvalue weighted by atomic mass is 9.94. The lowest BCUT2D eigenvalue weighted by molar-refractivity contribution is -0.137. The molecular formula is C15H10ClFO2. The van der Waals surface area contributed by atoms with Crippen molar-refractivity contribution in [3.05, 3.63) is 58.4 Å². The Morgan fingerprint density at radius 3 is 2.79 bits per heavy atom. The Kier molecular flexibility index (Phi) is 2.79. The summed E-state index contributed by atoms with van der Waals surface area (Å²) in [6.45, 7) is 0. The van der Waals surface area contributed by atoms with Crippen molar-refractivity contribution < 1.29 is 14.3 Å². The molecule has 3 rings (SSSR count). The summed E-state index contributed by atoms with van der Waals surface area (Å²) >= 11 is 5.97. The molecule has 0 saturated carbocycles. The molecule has 1 N–H and O–H groups in total. The van der Waals surface area contributed by atoms with Crippen LogP contribution in [0.2, 0.25) is 5.02 Å². The van der Waals surface area contributed by atoms with Crippen molar-refractivity contribution >= 4 is 17.6 Å². The van der Waals surface area contributed by atoms with Gasteiger partial charge in [-0.1, -0.05) is 29.8 Å². The van der Waals surface area contributed by atoms with Crippen LogP contribution in [0.4, 0.5) is 4.39 Å². The van der Waals surface area contributed by atoms with Crippen LogP contribution in [0.1, 0.15) is 23.5 Å². The summed E-state index contributed by atoms with van der Waals surface area (Å²) in [4.78, 5) is 11.0. The summed E-state index contributed by atoms with van der Waals surface area (Å²) < 4.78 is 14.0. The number of hydrogen-bond acceptors (Lipinski definition) is 1. The van der Waals surface area contributed by atoms with Gasteiger partial charge in [0.1, 0.15) is 5.82 Å². The molecule has 0 heterocycles. The second kappa shape index (κ2) is 4.35. The maximum Gasteiger partial charge on any atom is 0.304 e. The van der Waals surface area contributed by atoms with E-state index in [0.29, 0.717) is 10.6 Å². The molecule has 0 bridgehead atoms. The van der Waals surface area contributed by atoms with Crippen LogP contribution in [0.15, 0.2) is 36.4 Å². The molecule has 0 fully saturated rings. The van der Waals surface area contributed by atoms with E-state index in [1.54, 1.807) is 30.3 Å². The summed E-state index contributed by atoms with van der Waals surface area (Å²) in [6.07, 6.45) is -0.0657. The van der Waals surface area contributed by atoms with Crippen molar-refractivity contribution in [2.75, 3.05) is 0 Å². The fraction of sp³-hybridized carbons (Fsp3) is 0.133. The highest BCUT2D eigenvalue weighted by molar-refractivity contribution is 6.30. The Labute approximate surface area is 114 Å². The smallest absolute Gasteiger partial charge is 0.304 e. The summed E-state index contributed by atoms with van der Waals surface area (Å²) in [5.74, 6) is -1.57. The van der Waals surface area contributed by atoms with Gasteiger partial charge in [0.2, 0.25) is 0 Å². The molecule has 0 radical (unpaired) electrons. The number of benzene rings is 2. The molecule has 1 aliphatic rings. The van der Waals surface area contributed by atoms with Gasteiger partial charge in [0, 0.05) is 16.5 Å². The van der Waals surface area contributed by atoms with Crippen LogP contribution in [0.5, 0.6) is 0 Å². The van der Waals surface area contributed by atoms with E-state index in [1.165, 1.54) is 6.07 Å². The number of rotatable bonds is 2. The molecule has 2 aromatic rings. The molecule has 1 atom stereocenters. The quantitative estimate of drug-likeness (QED) is 0.898. The first-order chi connectivity index (χ1) is 9.08. The third-order valence-corrected chi connectivity index (χ3v) is 3.69. The molecule has 19 heavy (non-hydrogen) atoms. The van der Waals surface area contributed by atoms with Gasteiger partial charge in [0.05, 0.1) is 6.42 Å². The van der Waals surface area contributed by atoms with Crippen molar-refractivity contribution in [1.82, 2.24) is 0 Å². The van der Waals surface area contributed by atoms with E-state index in [0.717, 1.165) is 16.7 Å². The molecular weight excluding hydrogens is 267 g/mol. The number of carboxylic acids is 1. The van der Waals surface area contributed by atoms with Crippen molar-refractivity contribution in [3.8, 4) is 11.1 Å². The molecule has 0 aromatic heterocycles. The average molecular weight is 277 g/mol. The standard InChI is InChI=1S/C15H10ClFO2/c16-8-4-5-10-11(6-8)12(7-14(18)19)9-2-1-3-13(17)15(9)10/h1-6,12H,7H2,(H,18,19). The molecule has 1 unspecified atom stereocenters. The Balaban J connectivity index is 2.26. The minimum absolute atomic E-state index is 0.0657. The summed E-state index contributed by atoms with van der Waals surface area (Å²) in [6, 6.07) is 9.95. The molecule has 2 nitrogen and oxygen atoms in total. The van der Waals surface area contributed by atoms with E-state index in [-0.39, 0.29) is 18.2 Å². The zero-order chi connectivity index (χ0) is 13.6. The van der Waals surface area contributed by atoms with Gasteiger partial charge in [-0.3, -0.25) is 4.79 Å². The predicted molar refractivity (Wildman–Crippen MR) is 70.9 cm³/mol. The molecule has 0 amide bonds. The highest BCUT2D eigenvalue weighted by atomic mass is 35.5. The third kappa shape index (κ3) is 1.90. The molecule has 0 saturated heterocycles. The Bertz CT molecular complexity index is 682. The second-order valence-electron chi connectivity index (χ2n) is 4.59. The van der Waals surface area contributed by atoms with Gasteiger partial charge in [0.15, 0.2) is 0 Å². The van der Waals surface area contributed by atoms with Crippen LogP contribution < -0.4 is 0 Å². The van der Waals surface area contributed by atoms with Crippen molar-refractivity contribution in [2.24, 2.45) is 0 Å². The monoisotopic (exact) mass is 276 g/mol. The van der Waals surface area contributed by atoms with E-state index in [2.05, 4.69) is 0 Å². The van der Waals surface area contributed by atoms with Crippen LogP contribution >= 0.6 is 11.6 Å². The molecule has 1 aliphatic carbocycles. The maximum atomic E-state index is 14.0. The Hall–Kier alpha value is -1.87. The number of hydrogen-bond donors (Lipinski definition) is 1. The Morgan fingerprint density at radius 1 is 1.26 bits per heavy atom. The van der Waals surface area contributed by atoms with Gasteiger partial charge < -0.3 is 5.11 Å². The maximum absolute atomic E-state index is 14.0. The van der Waals surface area contributed by atoms with E-state index in [4.69, 9.17) is 16.7 Å². The third-order valence-electron chi connectivity index (χ3n) is 3.46. The van der Waals surface area contributed by atoms with Crippen molar-refractivity contribution in [3.63, 3.8) is 0 Å². The van der Waals surface area contributed by atoms with E-state index >= 15 is 0 Å². The van der Waals surface area contributed by atoms with Gasteiger partial charge in [0.25, 0.3) is 0 Å². The van der Waals surface area contributed by atoms with E-state index in [1.807, 2.05) is 0 Å². The first-order valence-corrected chi connectivity index (χ1v) is 6.25. The van der Waals surface area contributed by atoms with Gasteiger partial charge in [-0.2, -0.15) is 0 Å². The largest absolute Gasteiger partial charge is 0.481 e. The van der Waals surface area contributed by atoms with Crippen LogP contribution in [0, 0.1) is 5.82 Å². The van der Waals surface area contributed by atoms with Crippen molar-refractivity contribution in [1.29, 1.82) is 0 Å². The van der Waals surface area contributed by atoms with Gasteiger partial charge in [-0.15, -0.1) is 0 Å². The van der Waals surface area contributed by atoms with Gasteiger partial charge in [-0.05, 0) is 34.9 Å². The fourth-order valence-corrected chi connectivity index (χ4v) is 2.91. The van der Waals surface area contributed by atoms with Crippen LogP contribution in [0.25, 0.3) is 11.1 Å². The van der Waals surface area contributed by atoms with Crippen LogP contribution in [0.3, 0.4) is 0 Å². The second-order valence-corrected chi connectivity index (χ2v) is 5.02. The SMILES string of the molecule is O=C(O)CC1c2cc(Cl)ccc2-c2c(F)cccc21. The number of carbonyl (C=O) groups is 1. The lowest BCUT2D eigenvalue weighted by Crippen LogP contribution is -2.05. The molecule has 96 valence electrons. The number of carboxylic acid groups (broad SMARTS) is 1. The minimum atomic E-state index is -0.909. The Morgan fingerprint density at radius 2 is 2.05 bits per heavy atom. The predicted octanol–water partition coefficient (Wildman–Crippen LogP) is 4.07. The van der Waals surface area contributed by atoms with Gasteiger partial charge in [-0.25, -0.2) is 4.39 Å². The minimum Gasteiger partial charge on any atom is -0.481 e. The molecule has 2 aromatic carbocycles. The molecule has 0 aliphatic heterocycles. The zero-order valence-electron chi connectivity index (χ0n) is 9.86. The molecule has 0 spiro atoms. The van der Waals surface area contributed by atoms with E-state index < -0.39 is 5.97 Å². The average Bonchev–Trinajstić information content (AvgIpc) is 2.64. The number of fused-ring (bicyclic) bond motifs is 3. The highest BCUT2D eigenvalue weighted by Crippen LogP contribution is 2.48. The summed E-state index contributed by atoms with van der Waals surface area (Å²) in [7, 11) is 0. The van der Waals surface area contributed by atoms with Crippen LogP contribution in [-0.4, -0.2) is 11.1 Å². The first-order valence-electron chi connectivity index (χ1n) is 5.88. The number of halogens is 2. The summed E-state index contributed by atoms with van der Waals surface area (Å²) in [5.41, 5.74) is 2.75. The summed E-state index contributed by atoms with van der Waals surface area (Å²) in [5, 5.41) is 9.57. The normalized spacial score (nSPS) is 16.0.